The van der Waals surface area contributed by atoms with E-state index < -0.39 is 0 Å². The number of rotatable bonds is 1. The van der Waals surface area contributed by atoms with E-state index in [0.717, 1.165) is 44.6 Å². The zero-order valence-corrected chi connectivity index (χ0v) is 9.98. The number of piperidine rings is 1. The number of carbonyl (C=O) groups is 1. The largest absolute Gasteiger partial charge is 0.316 e. The van der Waals surface area contributed by atoms with Gasteiger partial charge >= 0.3 is 0 Å². The molecule has 0 aromatic heterocycles. The number of hydrogen-bond donors (Lipinski definition) is 1. The number of nitrogens with one attached hydrogen (secondary N) is 1. The van der Waals surface area contributed by atoms with Crippen LogP contribution in [0.1, 0.15) is 18.4 Å². The highest BCUT2D eigenvalue weighted by Crippen LogP contribution is 2.29. The Kier molecular flexibility index (Phi) is 2.85. The van der Waals surface area contributed by atoms with Crippen LogP contribution in [0.2, 0.25) is 0 Å². The van der Waals surface area contributed by atoms with Gasteiger partial charge in [0.15, 0.2) is 0 Å². The number of nitrogens with zero attached hydrogens (tertiary/aromatic N) is 1. The summed E-state index contributed by atoms with van der Waals surface area (Å²) in [6.45, 7) is 2.76. The maximum Gasteiger partial charge on any atom is 0.231 e. The molecule has 3 rings (SSSR count). The molecule has 1 unspecified atom stereocenters. The Hall–Kier alpha value is -1.35. The Labute approximate surface area is 102 Å². The van der Waals surface area contributed by atoms with Gasteiger partial charge in [0, 0.05) is 18.8 Å². The van der Waals surface area contributed by atoms with Crippen LogP contribution in [-0.2, 0) is 11.2 Å². The fourth-order valence-electron chi connectivity index (χ4n) is 2.85. The van der Waals surface area contributed by atoms with E-state index in [1.54, 1.807) is 0 Å². The highest BCUT2D eigenvalue weighted by molar-refractivity contribution is 5.97. The molecule has 0 saturated carbocycles. The number of anilines is 1. The van der Waals surface area contributed by atoms with Crippen LogP contribution in [0.3, 0.4) is 0 Å². The lowest BCUT2D eigenvalue weighted by atomic mass is 9.98. The molecular formula is C14H18N2O. The maximum atomic E-state index is 12.4. The lowest BCUT2D eigenvalue weighted by Crippen LogP contribution is -2.42. The smallest absolute Gasteiger partial charge is 0.231 e. The molecule has 0 bridgehead atoms. The number of carbonyl (C=O) groups excluding carboxylic acids is 1. The Morgan fingerprint density at radius 1 is 1.35 bits per heavy atom. The first-order valence-corrected chi connectivity index (χ1v) is 6.46. The second-order valence-corrected chi connectivity index (χ2v) is 4.91. The van der Waals surface area contributed by atoms with E-state index in [0.29, 0.717) is 5.91 Å². The van der Waals surface area contributed by atoms with Gasteiger partial charge in [-0.3, -0.25) is 4.79 Å². The number of para-hydroxylation sites is 1. The molecule has 1 amide bonds. The molecule has 17 heavy (non-hydrogen) atoms. The van der Waals surface area contributed by atoms with Crippen molar-refractivity contribution in [3.05, 3.63) is 29.8 Å². The average Bonchev–Trinajstić information content (AvgIpc) is 2.83. The summed E-state index contributed by atoms with van der Waals surface area (Å²) in [6.07, 6.45) is 3.15. The van der Waals surface area contributed by atoms with E-state index in [1.165, 1.54) is 5.56 Å². The Bertz CT molecular complexity index is 424. The fraction of sp³-hybridized carbons (Fsp3) is 0.500. The molecule has 1 aromatic rings. The molecule has 1 saturated heterocycles. The van der Waals surface area contributed by atoms with Gasteiger partial charge in [0.1, 0.15) is 0 Å². The molecule has 0 radical (unpaired) electrons. The minimum Gasteiger partial charge on any atom is -0.316 e. The van der Waals surface area contributed by atoms with Crippen LogP contribution in [0, 0.1) is 5.92 Å². The standard InChI is InChI=1S/C14H18N2O/c17-14(12-5-3-8-15-10-12)16-9-7-11-4-1-2-6-13(11)16/h1-2,4,6,12,15H,3,5,7-10H2. The van der Waals surface area contributed by atoms with Gasteiger partial charge in [-0.15, -0.1) is 0 Å². The quantitative estimate of drug-likeness (QED) is 0.794. The maximum absolute atomic E-state index is 12.4. The Balaban J connectivity index is 1.79. The monoisotopic (exact) mass is 230 g/mol. The summed E-state index contributed by atoms with van der Waals surface area (Å²) in [7, 11) is 0. The van der Waals surface area contributed by atoms with Crippen molar-refractivity contribution in [1.29, 1.82) is 0 Å². The molecule has 0 aliphatic carbocycles. The third-order valence-corrected chi connectivity index (χ3v) is 3.80. The van der Waals surface area contributed by atoms with E-state index in [4.69, 9.17) is 0 Å². The van der Waals surface area contributed by atoms with Crippen LogP contribution < -0.4 is 10.2 Å². The van der Waals surface area contributed by atoms with Crippen molar-refractivity contribution in [3.8, 4) is 0 Å². The van der Waals surface area contributed by atoms with Crippen LogP contribution >= 0.6 is 0 Å². The summed E-state index contributed by atoms with van der Waals surface area (Å²) in [4.78, 5) is 14.4. The molecule has 1 aromatic carbocycles. The molecule has 3 nitrogen and oxygen atoms in total. The molecule has 90 valence electrons. The minimum atomic E-state index is 0.176. The van der Waals surface area contributed by atoms with Crippen LogP contribution in [0.5, 0.6) is 0 Å². The topological polar surface area (TPSA) is 32.3 Å². The first-order valence-electron chi connectivity index (χ1n) is 6.46. The van der Waals surface area contributed by atoms with Gasteiger partial charge in [-0.1, -0.05) is 18.2 Å². The van der Waals surface area contributed by atoms with Gasteiger partial charge in [-0.05, 0) is 37.4 Å². The summed E-state index contributed by atoms with van der Waals surface area (Å²) in [5, 5.41) is 3.32. The normalized spacial score (nSPS) is 23.5. The minimum absolute atomic E-state index is 0.176. The third-order valence-electron chi connectivity index (χ3n) is 3.80. The average molecular weight is 230 g/mol. The summed E-state index contributed by atoms with van der Waals surface area (Å²) in [6, 6.07) is 8.26. The first-order chi connectivity index (χ1) is 8.36. The van der Waals surface area contributed by atoms with E-state index in [1.807, 2.05) is 11.0 Å². The van der Waals surface area contributed by atoms with E-state index in [2.05, 4.69) is 23.5 Å². The molecule has 0 spiro atoms. The van der Waals surface area contributed by atoms with Crippen molar-refractivity contribution < 1.29 is 4.79 Å². The van der Waals surface area contributed by atoms with Gasteiger partial charge < -0.3 is 10.2 Å². The molecule has 1 fully saturated rings. The highest BCUT2D eigenvalue weighted by atomic mass is 16.2. The lowest BCUT2D eigenvalue weighted by Gasteiger charge is -2.27. The van der Waals surface area contributed by atoms with Crippen molar-refractivity contribution in [2.75, 3.05) is 24.5 Å². The first kappa shape index (κ1) is 10.8. The predicted molar refractivity (Wildman–Crippen MR) is 68.1 cm³/mol. The van der Waals surface area contributed by atoms with E-state index >= 15 is 0 Å². The molecular weight excluding hydrogens is 212 g/mol. The Morgan fingerprint density at radius 2 is 2.24 bits per heavy atom. The number of fused-ring (bicyclic) bond motifs is 1. The van der Waals surface area contributed by atoms with Gasteiger partial charge in [0.25, 0.3) is 0 Å². The number of benzene rings is 1. The number of hydrogen-bond acceptors (Lipinski definition) is 2. The molecule has 1 N–H and O–H groups in total. The SMILES string of the molecule is O=C(C1CCCNC1)N1CCc2ccccc21. The van der Waals surface area contributed by atoms with Crippen molar-refractivity contribution in [2.24, 2.45) is 5.92 Å². The highest BCUT2D eigenvalue weighted by Gasteiger charge is 2.30. The van der Waals surface area contributed by atoms with Crippen molar-refractivity contribution in [3.63, 3.8) is 0 Å². The molecule has 2 heterocycles. The predicted octanol–water partition coefficient (Wildman–Crippen LogP) is 1.58. The van der Waals surface area contributed by atoms with Crippen molar-refractivity contribution >= 4 is 11.6 Å². The summed E-state index contributed by atoms with van der Waals surface area (Å²) in [5.41, 5.74) is 2.44. The van der Waals surface area contributed by atoms with Gasteiger partial charge in [0.2, 0.25) is 5.91 Å². The number of amides is 1. The van der Waals surface area contributed by atoms with Crippen molar-refractivity contribution in [1.82, 2.24) is 5.32 Å². The van der Waals surface area contributed by atoms with E-state index in [9.17, 15) is 4.79 Å². The molecule has 1 atom stereocenters. The van der Waals surface area contributed by atoms with Crippen LogP contribution in [0.25, 0.3) is 0 Å². The third kappa shape index (κ3) is 1.95. The van der Waals surface area contributed by atoms with Gasteiger partial charge in [-0.25, -0.2) is 0 Å². The molecule has 2 aliphatic rings. The van der Waals surface area contributed by atoms with Gasteiger partial charge in [-0.2, -0.15) is 0 Å². The second-order valence-electron chi connectivity index (χ2n) is 4.91. The zero-order chi connectivity index (χ0) is 11.7. The fourth-order valence-corrected chi connectivity index (χ4v) is 2.85. The Morgan fingerprint density at radius 3 is 3.06 bits per heavy atom. The van der Waals surface area contributed by atoms with Crippen LogP contribution in [0.15, 0.2) is 24.3 Å². The van der Waals surface area contributed by atoms with E-state index in [-0.39, 0.29) is 5.92 Å². The summed E-state index contributed by atoms with van der Waals surface area (Å²) in [5.74, 6) is 0.483. The summed E-state index contributed by atoms with van der Waals surface area (Å²) < 4.78 is 0. The van der Waals surface area contributed by atoms with Crippen molar-refractivity contribution in [2.45, 2.75) is 19.3 Å². The molecule has 2 aliphatic heterocycles. The second kappa shape index (κ2) is 4.49. The lowest BCUT2D eigenvalue weighted by molar-refractivity contribution is -0.122. The molecule has 3 heteroatoms. The van der Waals surface area contributed by atoms with Crippen LogP contribution in [0.4, 0.5) is 5.69 Å². The van der Waals surface area contributed by atoms with Crippen LogP contribution in [-0.4, -0.2) is 25.5 Å². The summed E-state index contributed by atoms with van der Waals surface area (Å²) >= 11 is 0. The zero-order valence-electron chi connectivity index (χ0n) is 9.98. The van der Waals surface area contributed by atoms with Gasteiger partial charge in [0.05, 0.1) is 5.92 Å².